The van der Waals surface area contributed by atoms with Crippen LogP contribution in [0.25, 0.3) is 0 Å². The molecule has 0 atom stereocenters. The number of hydrogen-bond donors (Lipinski definition) is 1. The molecule has 0 fully saturated rings. The summed E-state index contributed by atoms with van der Waals surface area (Å²) in [6, 6.07) is 3.85. The Labute approximate surface area is 107 Å². The van der Waals surface area contributed by atoms with Gasteiger partial charge in [-0.05, 0) is 18.2 Å². The highest BCUT2D eigenvalue weighted by Crippen LogP contribution is 2.29. The number of nitro benzene ring substituents is 1. The van der Waals surface area contributed by atoms with E-state index in [2.05, 4.69) is 10.1 Å². The van der Waals surface area contributed by atoms with Crippen molar-refractivity contribution in [3.63, 3.8) is 0 Å². The van der Waals surface area contributed by atoms with Gasteiger partial charge in [-0.2, -0.15) is 13.2 Å². The largest absolute Gasteiger partial charge is 0.477 e. The predicted octanol–water partition coefficient (Wildman–Crippen LogP) is 2.65. The van der Waals surface area contributed by atoms with Crippen LogP contribution in [-0.2, 0) is 6.54 Å². The summed E-state index contributed by atoms with van der Waals surface area (Å²) in [7, 11) is 0. The Morgan fingerprint density at radius 3 is 2.63 bits per heavy atom. The molecule has 0 amide bonds. The lowest BCUT2D eigenvalue weighted by Crippen LogP contribution is -2.20. The van der Waals surface area contributed by atoms with Gasteiger partial charge < -0.3 is 10.1 Å². The number of ether oxygens (including phenoxy) is 1. The minimum Gasteiger partial charge on any atom is -0.477 e. The fraction of sp³-hybridized carbons (Fsp3) is 0.455. The van der Waals surface area contributed by atoms with Crippen LogP contribution in [0.1, 0.15) is 12.5 Å². The summed E-state index contributed by atoms with van der Waals surface area (Å²) in [4.78, 5) is 9.93. The van der Waals surface area contributed by atoms with Gasteiger partial charge in [0.05, 0.1) is 4.92 Å². The predicted molar refractivity (Wildman–Crippen MR) is 62.0 cm³/mol. The minimum atomic E-state index is -4.54. The molecule has 0 saturated carbocycles. The first-order valence-electron chi connectivity index (χ1n) is 5.51. The van der Waals surface area contributed by atoms with Gasteiger partial charge in [0.2, 0.25) is 0 Å². The number of nitrogens with zero attached hydrogens (tertiary/aromatic N) is 1. The molecule has 8 heteroatoms. The normalized spacial score (nSPS) is 11.4. The van der Waals surface area contributed by atoms with E-state index in [1.54, 1.807) is 0 Å². The van der Waals surface area contributed by atoms with Crippen molar-refractivity contribution in [1.82, 2.24) is 5.32 Å². The topological polar surface area (TPSA) is 64.4 Å². The number of alkyl halides is 3. The second-order valence-corrected chi connectivity index (χ2v) is 3.74. The van der Waals surface area contributed by atoms with E-state index in [1.165, 1.54) is 12.1 Å². The Morgan fingerprint density at radius 2 is 2.11 bits per heavy atom. The smallest absolute Gasteiger partial charge is 0.422 e. The Hall–Kier alpha value is -1.83. The van der Waals surface area contributed by atoms with E-state index < -0.39 is 23.4 Å². The van der Waals surface area contributed by atoms with Crippen LogP contribution in [0.2, 0.25) is 0 Å². The Balaban J connectivity index is 2.92. The lowest BCUT2D eigenvalue weighted by molar-refractivity contribution is -0.386. The molecule has 0 aromatic heterocycles. The second kappa shape index (κ2) is 6.37. The molecule has 1 rings (SSSR count). The zero-order valence-electron chi connectivity index (χ0n) is 10.2. The van der Waals surface area contributed by atoms with Crippen molar-refractivity contribution in [2.24, 2.45) is 0 Å². The molecular weight excluding hydrogens is 265 g/mol. The van der Waals surface area contributed by atoms with Crippen LogP contribution in [0.5, 0.6) is 5.75 Å². The van der Waals surface area contributed by atoms with Crippen molar-refractivity contribution in [2.45, 2.75) is 19.6 Å². The highest BCUT2D eigenvalue weighted by Gasteiger charge is 2.30. The quantitative estimate of drug-likeness (QED) is 0.641. The van der Waals surface area contributed by atoms with Gasteiger partial charge in [0.15, 0.2) is 12.4 Å². The molecule has 1 N–H and O–H groups in total. The molecule has 0 aliphatic carbocycles. The highest BCUT2D eigenvalue weighted by atomic mass is 19.4. The molecule has 1 aromatic rings. The van der Waals surface area contributed by atoms with Crippen molar-refractivity contribution < 1.29 is 22.8 Å². The van der Waals surface area contributed by atoms with Gasteiger partial charge in [0.25, 0.3) is 0 Å². The number of nitrogens with one attached hydrogen (secondary N) is 1. The lowest BCUT2D eigenvalue weighted by atomic mass is 10.2. The van der Waals surface area contributed by atoms with Gasteiger partial charge in [-0.3, -0.25) is 10.1 Å². The summed E-state index contributed by atoms with van der Waals surface area (Å²) in [5.74, 6) is -0.377. The van der Waals surface area contributed by atoms with E-state index in [9.17, 15) is 23.3 Å². The molecule has 106 valence electrons. The van der Waals surface area contributed by atoms with Gasteiger partial charge in [-0.25, -0.2) is 0 Å². The summed E-state index contributed by atoms with van der Waals surface area (Å²) >= 11 is 0. The van der Waals surface area contributed by atoms with E-state index in [1.807, 2.05) is 6.92 Å². The Kier molecular flexibility index (Phi) is 5.11. The Morgan fingerprint density at radius 1 is 1.42 bits per heavy atom. The molecule has 1 aromatic carbocycles. The van der Waals surface area contributed by atoms with Crippen molar-refractivity contribution >= 4 is 5.69 Å². The first kappa shape index (κ1) is 15.2. The van der Waals surface area contributed by atoms with E-state index in [4.69, 9.17) is 0 Å². The van der Waals surface area contributed by atoms with E-state index in [-0.39, 0.29) is 5.75 Å². The van der Waals surface area contributed by atoms with Gasteiger partial charge in [0, 0.05) is 12.6 Å². The van der Waals surface area contributed by atoms with Crippen molar-refractivity contribution in [3.05, 3.63) is 33.9 Å². The third kappa shape index (κ3) is 5.12. The number of halogens is 3. The first-order valence-corrected chi connectivity index (χ1v) is 5.51. The minimum absolute atomic E-state index is 0.377. The summed E-state index contributed by atoms with van der Waals surface area (Å²) < 4.78 is 40.7. The van der Waals surface area contributed by atoms with Gasteiger partial charge in [0.1, 0.15) is 0 Å². The molecule has 0 aliphatic heterocycles. The molecule has 0 unspecified atom stereocenters. The molecule has 5 nitrogen and oxygen atoms in total. The molecule has 0 aliphatic rings. The maximum atomic E-state index is 12.1. The third-order valence-electron chi connectivity index (χ3n) is 2.19. The van der Waals surface area contributed by atoms with Crippen LogP contribution >= 0.6 is 0 Å². The summed E-state index contributed by atoms with van der Waals surface area (Å²) in [6.45, 7) is 1.39. The van der Waals surface area contributed by atoms with Gasteiger partial charge in [-0.15, -0.1) is 0 Å². The number of hydrogen-bond acceptors (Lipinski definition) is 4. The summed E-state index contributed by atoms with van der Waals surface area (Å²) in [5, 5.41) is 13.7. The van der Waals surface area contributed by atoms with Gasteiger partial charge >= 0.3 is 11.9 Å². The molecule has 0 spiro atoms. The number of rotatable bonds is 6. The van der Waals surface area contributed by atoms with Crippen LogP contribution in [-0.4, -0.2) is 24.3 Å². The van der Waals surface area contributed by atoms with Crippen LogP contribution in [0.15, 0.2) is 18.2 Å². The number of benzene rings is 1. The van der Waals surface area contributed by atoms with E-state index >= 15 is 0 Å². The lowest BCUT2D eigenvalue weighted by Gasteiger charge is -2.11. The van der Waals surface area contributed by atoms with Crippen molar-refractivity contribution in [1.29, 1.82) is 0 Å². The molecule has 0 saturated heterocycles. The maximum absolute atomic E-state index is 12.1. The summed E-state index contributed by atoms with van der Waals surface area (Å²) in [5.41, 5.74) is 0.133. The van der Waals surface area contributed by atoms with Crippen molar-refractivity contribution in [3.8, 4) is 5.75 Å². The zero-order chi connectivity index (χ0) is 14.5. The standard InChI is InChI=1S/C11H13F3N2O3/c1-2-15-6-8-3-4-9(16(17)18)10(5-8)19-7-11(12,13)14/h3-5,15H,2,6-7H2,1H3. The molecular formula is C11H13F3N2O3. The molecule has 0 radical (unpaired) electrons. The maximum Gasteiger partial charge on any atom is 0.422 e. The van der Waals surface area contributed by atoms with Crippen LogP contribution in [0, 0.1) is 10.1 Å². The van der Waals surface area contributed by atoms with Gasteiger partial charge in [-0.1, -0.05) is 13.0 Å². The molecule has 0 heterocycles. The van der Waals surface area contributed by atoms with Crippen LogP contribution < -0.4 is 10.1 Å². The summed E-state index contributed by atoms with van der Waals surface area (Å²) in [6.07, 6.45) is -4.54. The van der Waals surface area contributed by atoms with Crippen LogP contribution in [0.3, 0.4) is 0 Å². The van der Waals surface area contributed by atoms with Crippen molar-refractivity contribution in [2.75, 3.05) is 13.2 Å². The van der Waals surface area contributed by atoms with Crippen LogP contribution in [0.4, 0.5) is 18.9 Å². The average Bonchev–Trinajstić information content (AvgIpc) is 2.32. The van der Waals surface area contributed by atoms with E-state index in [0.29, 0.717) is 18.7 Å². The fourth-order valence-electron chi connectivity index (χ4n) is 1.36. The molecule has 19 heavy (non-hydrogen) atoms. The average molecular weight is 278 g/mol. The second-order valence-electron chi connectivity index (χ2n) is 3.74. The molecule has 0 bridgehead atoms. The SMILES string of the molecule is CCNCc1ccc([N+](=O)[O-])c(OCC(F)(F)F)c1. The first-order chi connectivity index (χ1) is 8.83. The highest BCUT2D eigenvalue weighted by molar-refractivity contribution is 5.48. The monoisotopic (exact) mass is 278 g/mol. The van der Waals surface area contributed by atoms with E-state index in [0.717, 1.165) is 6.07 Å². The fourth-order valence-corrected chi connectivity index (χ4v) is 1.36. The number of nitro groups is 1. The third-order valence-corrected chi connectivity index (χ3v) is 2.19. The zero-order valence-corrected chi connectivity index (χ0v) is 10.2. The Bertz CT molecular complexity index is 449.